The van der Waals surface area contributed by atoms with Crippen molar-refractivity contribution >= 4 is 23.8 Å². The summed E-state index contributed by atoms with van der Waals surface area (Å²) in [5.41, 5.74) is 3.33. The monoisotopic (exact) mass is 622 g/mol. The van der Waals surface area contributed by atoms with Crippen molar-refractivity contribution in [3.05, 3.63) is 131 Å². The van der Waals surface area contributed by atoms with E-state index >= 15 is 4.39 Å². The number of phenols is 1. The summed E-state index contributed by atoms with van der Waals surface area (Å²) in [5, 5.41) is 14.4. The Bertz CT molecular complexity index is 1750. The minimum Gasteiger partial charge on any atom is -0.506 e. The van der Waals surface area contributed by atoms with Gasteiger partial charge < -0.3 is 19.9 Å². The van der Waals surface area contributed by atoms with Crippen molar-refractivity contribution in [3.8, 4) is 11.5 Å². The van der Waals surface area contributed by atoms with E-state index in [2.05, 4.69) is 38.2 Å². The number of aryl methyl sites for hydroxylation is 2. The summed E-state index contributed by atoms with van der Waals surface area (Å²) in [4.78, 5) is 28.1. The first-order valence-corrected chi connectivity index (χ1v) is 15.4. The van der Waals surface area contributed by atoms with Crippen LogP contribution in [0.4, 0.5) is 15.8 Å². The summed E-state index contributed by atoms with van der Waals surface area (Å²) >= 11 is 0. The van der Waals surface area contributed by atoms with Crippen molar-refractivity contribution in [2.45, 2.75) is 52.5 Å². The van der Waals surface area contributed by atoms with Gasteiger partial charge in [0.25, 0.3) is 12.4 Å². The Balaban J connectivity index is 1.77. The molecular weight excluding hydrogens is 583 g/mol. The van der Waals surface area contributed by atoms with Gasteiger partial charge in [0.2, 0.25) is 0 Å². The molecule has 1 heterocycles. The lowest BCUT2D eigenvalue weighted by molar-refractivity contribution is -0.125. The molecule has 4 aromatic carbocycles. The maximum atomic E-state index is 15.3. The molecular formula is C38H39FN2O5. The summed E-state index contributed by atoms with van der Waals surface area (Å²) in [5.74, 6) is -0.624. The fourth-order valence-corrected chi connectivity index (χ4v) is 5.79. The second-order valence-corrected chi connectivity index (χ2v) is 12.2. The number of carbonyl (C=O) groups excluding carboxylic acids is 2. The van der Waals surface area contributed by atoms with Crippen LogP contribution in [0.2, 0.25) is 0 Å². The molecule has 238 valence electrons. The Morgan fingerprint density at radius 3 is 2.43 bits per heavy atom. The van der Waals surface area contributed by atoms with Crippen molar-refractivity contribution in [2.75, 3.05) is 17.3 Å². The van der Waals surface area contributed by atoms with Crippen molar-refractivity contribution in [1.82, 2.24) is 0 Å². The highest BCUT2D eigenvalue weighted by atomic mass is 19.1. The number of ether oxygens (including phenoxy) is 2. The van der Waals surface area contributed by atoms with E-state index in [1.54, 1.807) is 25.3 Å². The average molecular weight is 623 g/mol. The first kappa shape index (κ1) is 32.3. The number of nitrogens with zero attached hydrogens (tertiary/aromatic N) is 1. The largest absolute Gasteiger partial charge is 0.506 e. The van der Waals surface area contributed by atoms with Crippen LogP contribution >= 0.6 is 0 Å². The zero-order valence-electron chi connectivity index (χ0n) is 26.5. The van der Waals surface area contributed by atoms with Gasteiger partial charge in [0.05, 0.1) is 24.1 Å². The van der Waals surface area contributed by atoms with Crippen LogP contribution in [-0.4, -0.2) is 24.6 Å². The zero-order chi connectivity index (χ0) is 32.8. The topological polar surface area (TPSA) is 88.1 Å². The number of amides is 1. The number of para-hydroxylation sites is 1. The van der Waals surface area contributed by atoms with Gasteiger partial charge >= 0.3 is 0 Å². The molecule has 7 nitrogen and oxygen atoms in total. The van der Waals surface area contributed by atoms with Crippen LogP contribution < -0.4 is 15.0 Å². The van der Waals surface area contributed by atoms with E-state index in [-0.39, 0.29) is 28.2 Å². The van der Waals surface area contributed by atoms with Crippen LogP contribution in [0.3, 0.4) is 0 Å². The van der Waals surface area contributed by atoms with Gasteiger partial charge in [0.1, 0.15) is 29.0 Å². The van der Waals surface area contributed by atoms with Crippen LogP contribution in [0.15, 0.2) is 102 Å². The molecule has 0 aliphatic carbocycles. The molecule has 0 fully saturated rings. The Labute approximate surface area is 269 Å². The van der Waals surface area contributed by atoms with E-state index in [0.717, 1.165) is 24.0 Å². The van der Waals surface area contributed by atoms with Crippen molar-refractivity contribution < 1.29 is 28.6 Å². The Morgan fingerprint density at radius 1 is 1.00 bits per heavy atom. The van der Waals surface area contributed by atoms with Gasteiger partial charge in [-0.25, -0.2) is 4.39 Å². The van der Waals surface area contributed by atoms with Gasteiger partial charge in [-0.1, -0.05) is 81.8 Å². The fourth-order valence-electron chi connectivity index (χ4n) is 5.79. The first-order valence-electron chi connectivity index (χ1n) is 15.4. The van der Waals surface area contributed by atoms with Crippen LogP contribution in [0.1, 0.15) is 66.7 Å². The number of anilines is 2. The van der Waals surface area contributed by atoms with Gasteiger partial charge in [-0.15, -0.1) is 0 Å². The molecule has 0 bridgehead atoms. The molecule has 0 aromatic heterocycles. The summed E-state index contributed by atoms with van der Waals surface area (Å²) in [6.07, 6.45) is 2.60. The number of halogens is 1. The fraction of sp³-hybridized carbons (Fsp3) is 0.263. The smallest absolute Gasteiger partial charge is 0.298 e. The number of methoxy groups -OCH3 is 1. The van der Waals surface area contributed by atoms with Crippen LogP contribution in [0.5, 0.6) is 11.5 Å². The lowest BCUT2D eigenvalue weighted by atomic mass is 9.84. The van der Waals surface area contributed by atoms with E-state index in [0.29, 0.717) is 42.0 Å². The minimum atomic E-state index is -1.02. The predicted molar refractivity (Wildman–Crippen MR) is 177 cm³/mol. The molecule has 0 saturated carbocycles. The standard InChI is InChI=1S/C38H39FN2O5/c1-5-38(2,3)23-30-36(46-24-42)35(27-20-21-33(45-4)26(22-27)19-18-25-12-7-6-8-13-25)41(31-16-11-17-32(43)34(31)40-30)37(44)28-14-9-10-15-29(28)39/h6-17,20-22,24,35,40,43H,5,18-19,23H2,1-4H3. The van der Waals surface area contributed by atoms with E-state index < -0.39 is 17.8 Å². The zero-order valence-corrected chi connectivity index (χ0v) is 26.5. The number of hydrogen-bond donors (Lipinski definition) is 2. The highest BCUT2D eigenvalue weighted by molar-refractivity contribution is 6.09. The lowest BCUT2D eigenvalue weighted by Gasteiger charge is -2.33. The molecule has 1 amide bonds. The third-order valence-electron chi connectivity index (χ3n) is 8.62. The number of aromatic hydroxyl groups is 1. The number of hydrogen-bond acceptors (Lipinski definition) is 6. The first-order chi connectivity index (χ1) is 22.2. The van der Waals surface area contributed by atoms with Gasteiger partial charge in [0, 0.05) is 0 Å². The number of rotatable bonds is 11. The quantitative estimate of drug-likeness (QED) is 0.129. The lowest BCUT2D eigenvalue weighted by Crippen LogP contribution is -2.37. The number of nitrogens with one attached hydrogen (secondary N) is 1. The second-order valence-electron chi connectivity index (χ2n) is 12.2. The molecule has 0 radical (unpaired) electrons. The van der Waals surface area contributed by atoms with Gasteiger partial charge in [-0.05, 0) is 77.8 Å². The maximum absolute atomic E-state index is 15.3. The summed E-state index contributed by atoms with van der Waals surface area (Å²) in [6, 6.07) is 25.2. The van der Waals surface area contributed by atoms with Crippen LogP contribution in [0, 0.1) is 11.2 Å². The molecule has 2 N–H and O–H groups in total. The molecule has 1 unspecified atom stereocenters. The second kappa shape index (κ2) is 13.9. The normalized spacial score (nSPS) is 14.6. The highest BCUT2D eigenvalue weighted by Gasteiger charge is 2.40. The van der Waals surface area contributed by atoms with E-state index in [4.69, 9.17) is 9.47 Å². The van der Waals surface area contributed by atoms with Gasteiger partial charge in [-0.3, -0.25) is 14.5 Å². The molecule has 8 heteroatoms. The third kappa shape index (κ3) is 6.76. The van der Waals surface area contributed by atoms with E-state index in [1.807, 2.05) is 36.4 Å². The summed E-state index contributed by atoms with van der Waals surface area (Å²) in [7, 11) is 1.61. The van der Waals surface area contributed by atoms with Crippen molar-refractivity contribution in [1.29, 1.82) is 0 Å². The molecule has 0 spiro atoms. The summed E-state index contributed by atoms with van der Waals surface area (Å²) < 4.78 is 26.8. The van der Waals surface area contributed by atoms with Gasteiger partial charge in [0.15, 0.2) is 5.76 Å². The number of allylic oxidation sites excluding steroid dienone is 1. The number of benzene rings is 4. The van der Waals surface area contributed by atoms with E-state index in [9.17, 15) is 14.7 Å². The minimum absolute atomic E-state index is 0.111. The molecule has 1 aliphatic heterocycles. The van der Waals surface area contributed by atoms with Gasteiger partial charge in [-0.2, -0.15) is 0 Å². The van der Waals surface area contributed by atoms with Crippen molar-refractivity contribution in [2.24, 2.45) is 5.41 Å². The average Bonchev–Trinajstić information content (AvgIpc) is 3.19. The third-order valence-corrected chi connectivity index (χ3v) is 8.62. The Morgan fingerprint density at radius 2 is 1.74 bits per heavy atom. The number of fused-ring (bicyclic) bond motifs is 1. The van der Waals surface area contributed by atoms with Crippen molar-refractivity contribution in [3.63, 3.8) is 0 Å². The maximum Gasteiger partial charge on any atom is 0.298 e. The Hall–Kier alpha value is -5.11. The Kier molecular flexibility index (Phi) is 9.75. The molecule has 1 aliphatic rings. The molecule has 1 atom stereocenters. The molecule has 5 rings (SSSR count). The highest BCUT2D eigenvalue weighted by Crippen LogP contribution is 2.48. The summed E-state index contributed by atoms with van der Waals surface area (Å²) in [6.45, 7) is 6.58. The van der Waals surface area contributed by atoms with E-state index in [1.165, 1.54) is 29.2 Å². The number of phenolic OH excluding ortho intramolecular Hbond substituents is 1. The number of carbonyl (C=O) groups is 2. The van der Waals surface area contributed by atoms with Crippen LogP contribution in [0.25, 0.3) is 0 Å². The molecule has 4 aromatic rings. The predicted octanol–water partition coefficient (Wildman–Crippen LogP) is 8.35. The SMILES string of the molecule is CCC(C)(C)CC1=C(OC=O)C(c2ccc(OC)c(CCc3ccccc3)c2)N(C(=O)c2ccccc2F)c2cccc(O)c2N1. The molecule has 46 heavy (non-hydrogen) atoms. The molecule has 0 saturated heterocycles. The van der Waals surface area contributed by atoms with Crippen LogP contribution in [-0.2, 0) is 22.4 Å².